The number of aryl methyl sites for hydroxylation is 2. The molecule has 0 aliphatic rings. The van der Waals surface area contributed by atoms with Crippen molar-refractivity contribution in [3.8, 4) is 0 Å². The van der Waals surface area contributed by atoms with E-state index in [0.717, 1.165) is 26.2 Å². The van der Waals surface area contributed by atoms with Crippen LogP contribution in [0.4, 0.5) is 0 Å². The van der Waals surface area contributed by atoms with Gasteiger partial charge in [-0.3, -0.25) is 0 Å². The van der Waals surface area contributed by atoms with Crippen LogP contribution < -0.4 is 5.32 Å². The van der Waals surface area contributed by atoms with Crippen molar-refractivity contribution in [2.24, 2.45) is 0 Å². The van der Waals surface area contributed by atoms with E-state index in [9.17, 15) is 0 Å². The summed E-state index contributed by atoms with van der Waals surface area (Å²) in [6, 6.07) is 7.10. The van der Waals surface area contributed by atoms with Gasteiger partial charge in [-0.25, -0.2) is 0 Å². The maximum absolute atomic E-state index is 5.64. The minimum absolute atomic E-state index is 0.308. The molecule has 1 aromatic rings. The van der Waals surface area contributed by atoms with Crippen molar-refractivity contribution in [2.75, 3.05) is 33.3 Å². The van der Waals surface area contributed by atoms with Gasteiger partial charge in [0.2, 0.25) is 0 Å². The summed E-state index contributed by atoms with van der Waals surface area (Å²) in [6.45, 7) is 14.4. The minimum atomic E-state index is 0.308. The molecule has 3 nitrogen and oxygen atoms in total. The van der Waals surface area contributed by atoms with Gasteiger partial charge in [-0.05, 0) is 52.4 Å². The molecule has 0 radical (unpaired) electrons. The lowest BCUT2D eigenvalue weighted by Crippen LogP contribution is -2.35. The van der Waals surface area contributed by atoms with Crippen molar-refractivity contribution < 1.29 is 4.74 Å². The summed E-state index contributed by atoms with van der Waals surface area (Å²) < 4.78 is 5.64. The van der Waals surface area contributed by atoms with Gasteiger partial charge < -0.3 is 15.0 Å². The molecule has 1 rings (SSSR count). The molecule has 0 spiro atoms. The highest BCUT2D eigenvalue weighted by Gasteiger charge is 2.15. The van der Waals surface area contributed by atoms with Gasteiger partial charge in [0.05, 0.1) is 12.7 Å². The van der Waals surface area contributed by atoms with E-state index in [1.165, 1.54) is 16.7 Å². The molecule has 1 aromatic carbocycles. The Hall–Kier alpha value is -0.900. The topological polar surface area (TPSA) is 24.5 Å². The summed E-state index contributed by atoms with van der Waals surface area (Å²) >= 11 is 0. The Bertz CT molecular complexity index is 418. The molecule has 0 fully saturated rings. The number of nitrogens with one attached hydrogen (secondary N) is 1. The van der Waals surface area contributed by atoms with E-state index in [4.69, 9.17) is 4.74 Å². The first kappa shape index (κ1) is 18.1. The Labute approximate surface area is 130 Å². The van der Waals surface area contributed by atoms with E-state index >= 15 is 0 Å². The van der Waals surface area contributed by atoms with Crippen LogP contribution in [-0.2, 0) is 4.74 Å². The molecule has 0 aliphatic heterocycles. The zero-order chi connectivity index (χ0) is 15.8. The fourth-order valence-electron chi connectivity index (χ4n) is 2.58. The fourth-order valence-corrected chi connectivity index (χ4v) is 2.58. The van der Waals surface area contributed by atoms with Gasteiger partial charge in [-0.1, -0.05) is 30.7 Å². The smallest absolute Gasteiger partial charge is 0.0596 e. The largest absolute Gasteiger partial charge is 0.377 e. The monoisotopic (exact) mass is 292 g/mol. The number of hydrogen-bond donors (Lipinski definition) is 1. The van der Waals surface area contributed by atoms with E-state index in [1.807, 2.05) is 0 Å². The first-order valence-electron chi connectivity index (χ1n) is 8.04. The summed E-state index contributed by atoms with van der Waals surface area (Å²) in [4.78, 5) is 2.34. The first-order valence-corrected chi connectivity index (χ1v) is 8.04. The molecule has 0 amide bonds. The summed E-state index contributed by atoms with van der Waals surface area (Å²) in [5.41, 5.74) is 4.09. The molecule has 21 heavy (non-hydrogen) atoms. The predicted octanol–water partition coefficient (Wildman–Crippen LogP) is 3.31. The van der Waals surface area contributed by atoms with Crippen LogP contribution >= 0.6 is 0 Å². The Morgan fingerprint density at radius 1 is 1.24 bits per heavy atom. The van der Waals surface area contributed by atoms with Gasteiger partial charge in [0.15, 0.2) is 0 Å². The van der Waals surface area contributed by atoms with Crippen molar-refractivity contribution in [3.05, 3.63) is 34.9 Å². The molecule has 120 valence electrons. The normalized spacial score (nSPS) is 13.1. The van der Waals surface area contributed by atoms with Crippen molar-refractivity contribution >= 4 is 0 Å². The molecule has 0 heterocycles. The van der Waals surface area contributed by atoms with E-state index in [-0.39, 0.29) is 0 Å². The molecule has 0 bridgehead atoms. The third kappa shape index (κ3) is 6.60. The average Bonchev–Trinajstić information content (AvgIpc) is 2.37. The number of ether oxygens (including phenoxy) is 1. The van der Waals surface area contributed by atoms with E-state index in [1.54, 1.807) is 0 Å². The standard InChI is InChI=1S/C18H32N2O/c1-7-19-18(13-20(6)10-11-21-14(2)3)17-9-8-15(4)12-16(17)5/h8-9,12,14,18-19H,7,10-11,13H2,1-6H3. The number of likely N-dealkylation sites (N-methyl/N-ethyl adjacent to an activating group) is 2. The highest BCUT2D eigenvalue weighted by atomic mass is 16.5. The van der Waals surface area contributed by atoms with Crippen LogP contribution in [0.1, 0.15) is 43.5 Å². The summed E-state index contributed by atoms with van der Waals surface area (Å²) in [5.74, 6) is 0. The quantitative estimate of drug-likeness (QED) is 0.756. The Balaban J connectivity index is 2.64. The van der Waals surface area contributed by atoms with Crippen molar-refractivity contribution in [2.45, 2.75) is 46.8 Å². The lowest BCUT2D eigenvalue weighted by Gasteiger charge is -2.26. The molecule has 0 saturated carbocycles. The molecule has 0 saturated heterocycles. The van der Waals surface area contributed by atoms with E-state index in [2.05, 4.69) is 70.1 Å². The lowest BCUT2D eigenvalue weighted by atomic mass is 9.98. The van der Waals surface area contributed by atoms with Crippen LogP contribution in [0.2, 0.25) is 0 Å². The van der Waals surface area contributed by atoms with E-state index < -0.39 is 0 Å². The van der Waals surface area contributed by atoms with Gasteiger partial charge in [-0.15, -0.1) is 0 Å². The number of nitrogens with zero attached hydrogens (tertiary/aromatic N) is 1. The van der Waals surface area contributed by atoms with Crippen LogP contribution in [0.5, 0.6) is 0 Å². The van der Waals surface area contributed by atoms with Gasteiger partial charge in [0.1, 0.15) is 0 Å². The van der Waals surface area contributed by atoms with Crippen LogP contribution in [0.25, 0.3) is 0 Å². The van der Waals surface area contributed by atoms with E-state index in [0.29, 0.717) is 12.1 Å². The third-order valence-corrected chi connectivity index (χ3v) is 3.67. The summed E-state index contributed by atoms with van der Waals surface area (Å²) in [6.07, 6.45) is 0.308. The van der Waals surface area contributed by atoms with Crippen molar-refractivity contribution in [1.82, 2.24) is 10.2 Å². The molecule has 1 atom stereocenters. The Morgan fingerprint density at radius 2 is 1.95 bits per heavy atom. The van der Waals surface area contributed by atoms with Crippen LogP contribution in [-0.4, -0.2) is 44.3 Å². The first-order chi connectivity index (χ1) is 9.93. The molecular weight excluding hydrogens is 260 g/mol. The average molecular weight is 292 g/mol. The maximum Gasteiger partial charge on any atom is 0.0596 e. The fraction of sp³-hybridized carbons (Fsp3) is 0.667. The molecule has 0 aliphatic carbocycles. The highest BCUT2D eigenvalue weighted by molar-refractivity contribution is 5.33. The molecule has 3 heteroatoms. The van der Waals surface area contributed by atoms with Crippen molar-refractivity contribution in [1.29, 1.82) is 0 Å². The molecule has 0 aromatic heterocycles. The second-order valence-electron chi connectivity index (χ2n) is 6.15. The van der Waals surface area contributed by atoms with Gasteiger partial charge >= 0.3 is 0 Å². The second kappa shape index (κ2) is 9.19. The number of hydrogen-bond acceptors (Lipinski definition) is 3. The third-order valence-electron chi connectivity index (χ3n) is 3.67. The minimum Gasteiger partial charge on any atom is -0.377 e. The van der Waals surface area contributed by atoms with Crippen LogP contribution in [0.15, 0.2) is 18.2 Å². The Kier molecular flexibility index (Phi) is 7.94. The molecule has 1 N–H and O–H groups in total. The lowest BCUT2D eigenvalue weighted by molar-refractivity contribution is 0.0623. The zero-order valence-electron chi connectivity index (χ0n) is 14.6. The number of rotatable bonds is 9. The van der Waals surface area contributed by atoms with Gasteiger partial charge in [-0.2, -0.15) is 0 Å². The predicted molar refractivity (Wildman–Crippen MR) is 90.9 cm³/mol. The second-order valence-corrected chi connectivity index (χ2v) is 6.15. The SMILES string of the molecule is CCNC(CN(C)CCOC(C)C)c1ccc(C)cc1C. The Morgan fingerprint density at radius 3 is 2.52 bits per heavy atom. The van der Waals surface area contributed by atoms with Gasteiger partial charge in [0.25, 0.3) is 0 Å². The van der Waals surface area contributed by atoms with Gasteiger partial charge in [0, 0.05) is 19.1 Å². The maximum atomic E-state index is 5.64. The van der Waals surface area contributed by atoms with Crippen LogP contribution in [0, 0.1) is 13.8 Å². The summed E-state index contributed by atoms with van der Waals surface area (Å²) in [5, 5.41) is 3.61. The highest BCUT2D eigenvalue weighted by Crippen LogP contribution is 2.19. The number of benzene rings is 1. The molecule has 1 unspecified atom stereocenters. The zero-order valence-corrected chi connectivity index (χ0v) is 14.6. The van der Waals surface area contributed by atoms with Crippen molar-refractivity contribution in [3.63, 3.8) is 0 Å². The molecular formula is C18H32N2O. The summed E-state index contributed by atoms with van der Waals surface area (Å²) in [7, 11) is 2.16. The van der Waals surface area contributed by atoms with Crippen LogP contribution in [0.3, 0.4) is 0 Å².